The summed E-state index contributed by atoms with van der Waals surface area (Å²) in [5.41, 5.74) is 1.54. The summed E-state index contributed by atoms with van der Waals surface area (Å²) in [5, 5.41) is 10.2. The van der Waals surface area contributed by atoms with Crippen LogP contribution in [0.2, 0.25) is 0 Å². The summed E-state index contributed by atoms with van der Waals surface area (Å²) in [4.78, 5) is 39.6. The first kappa shape index (κ1) is 25.0. The van der Waals surface area contributed by atoms with Gasteiger partial charge in [-0.15, -0.1) is 5.10 Å². The Morgan fingerprint density at radius 1 is 1.26 bits per heavy atom. The summed E-state index contributed by atoms with van der Waals surface area (Å²) < 4.78 is 22.0. The highest BCUT2D eigenvalue weighted by Gasteiger charge is 2.33. The Balaban J connectivity index is 1.32. The molecule has 2 aliphatic rings. The Bertz CT molecular complexity index is 1110. The molecule has 1 N–H and O–H groups in total. The Labute approximate surface area is 210 Å². The zero-order chi connectivity index (χ0) is 25.1. The first-order valence-electron chi connectivity index (χ1n) is 10.9. The molecular formula is C21H24Cl2FN7O4. The van der Waals surface area contributed by atoms with Gasteiger partial charge >= 0.3 is 6.09 Å². The molecule has 0 saturated carbocycles. The molecule has 0 spiro atoms. The number of cyclic esters (lactones) is 1. The Morgan fingerprint density at radius 2 is 2.00 bits per heavy atom. The number of amides is 3. The number of aromatic nitrogens is 3. The second-order valence-corrected chi connectivity index (χ2v) is 9.32. The standard InChI is InChI=1S/C21H24Cl2FN7O4/c1-13-10-30(27-26-13)11-15-12-31(21(34)35-15)14-2-3-17(16(24)8-14)28-4-6-29(7-5-28)18(32)9-25-20(33)19(22)23/h2-3,8,10,15,19H,4-7,9,11-12H2,1H3,(H,25,33)/t15-/m0/s1. The van der Waals surface area contributed by atoms with Crippen molar-refractivity contribution < 1.29 is 23.5 Å². The smallest absolute Gasteiger partial charge is 0.414 e. The summed E-state index contributed by atoms with van der Waals surface area (Å²) in [6, 6.07) is 4.59. The van der Waals surface area contributed by atoms with E-state index in [1.54, 1.807) is 27.9 Å². The van der Waals surface area contributed by atoms with Crippen molar-refractivity contribution in [3.63, 3.8) is 0 Å². The van der Waals surface area contributed by atoms with Crippen LogP contribution in [0.4, 0.5) is 20.6 Å². The fourth-order valence-electron chi connectivity index (χ4n) is 3.99. The molecule has 1 aromatic carbocycles. The van der Waals surface area contributed by atoms with E-state index in [4.69, 9.17) is 27.9 Å². The number of anilines is 2. The van der Waals surface area contributed by atoms with E-state index in [2.05, 4.69) is 15.6 Å². The molecule has 14 heteroatoms. The van der Waals surface area contributed by atoms with E-state index in [9.17, 15) is 14.4 Å². The molecule has 2 fully saturated rings. The van der Waals surface area contributed by atoms with E-state index >= 15 is 4.39 Å². The molecular weight excluding hydrogens is 504 g/mol. The molecule has 3 heterocycles. The lowest BCUT2D eigenvalue weighted by atomic mass is 10.2. The number of benzene rings is 1. The number of piperazine rings is 1. The number of alkyl halides is 2. The molecule has 0 bridgehead atoms. The fourth-order valence-corrected chi connectivity index (χ4v) is 4.14. The number of hydrogen-bond donors (Lipinski definition) is 1. The number of rotatable bonds is 7. The molecule has 188 valence electrons. The molecule has 4 rings (SSSR count). The lowest BCUT2D eigenvalue weighted by Crippen LogP contribution is -2.51. The average Bonchev–Trinajstić information content (AvgIpc) is 3.41. The lowest BCUT2D eigenvalue weighted by molar-refractivity contribution is -0.132. The fraction of sp³-hybridized carbons (Fsp3) is 0.476. The summed E-state index contributed by atoms with van der Waals surface area (Å²) in [5.74, 6) is -1.39. The predicted octanol–water partition coefficient (Wildman–Crippen LogP) is 1.32. The van der Waals surface area contributed by atoms with Gasteiger partial charge in [-0.1, -0.05) is 28.4 Å². The highest BCUT2D eigenvalue weighted by Crippen LogP contribution is 2.29. The molecule has 2 aliphatic heterocycles. The van der Waals surface area contributed by atoms with Crippen molar-refractivity contribution in [1.29, 1.82) is 0 Å². The topological polar surface area (TPSA) is 113 Å². The molecule has 0 aliphatic carbocycles. The molecule has 2 aromatic rings. The Morgan fingerprint density at radius 3 is 2.63 bits per heavy atom. The van der Waals surface area contributed by atoms with Crippen LogP contribution >= 0.6 is 23.2 Å². The minimum Gasteiger partial charge on any atom is -0.442 e. The van der Waals surface area contributed by atoms with E-state index in [0.29, 0.717) is 44.1 Å². The van der Waals surface area contributed by atoms with Gasteiger partial charge in [-0.25, -0.2) is 13.9 Å². The van der Waals surface area contributed by atoms with Crippen LogP contribution in [0.25, 0.3) is 0 Å². The van der Waals surface area contributed by atoms with Gasteiger partial charge in [-0.3, -0.25) is 14.5 Å². The SMILES string of the molecule is Cc1cn(C[C@H]2CN(c3ccc(N4CCN(C(=O)CNC(=O)C(Cl)Cl)CC4)c(F)c3)C(=O)O2)nn1. The van der Waals surface area contributed by atoms with Crippen LogP contribution in [-0.4, -0.2) is 88.0 Å². The number of carbonyl (C=O) groups excluding carboxylic acids is 3. The van der Waals surface area contributed by atoms with Gasteiger partial charge in [0, 0.05) is 32.4 Å². The maximum absolute atomic E-state index is 15.0. The average molecular weight is 528 g/mol. The molecule has 11 nitrogen and oxygen atoms in total. The summed E-state index contributed by atoms with van der Waals surface area (Å²) in [6.07, 6.45) is 0.776. The van der Waals surface area contributed by atoms with Crippen molar-refractivity contribution >= 4 is 52.5 Å². The molecule has 1 atom stereocenters. The van der Waals surface area contributed by atoms with Crippen molar-refractivity contribution in [3.8, 4) is 0 Å². The van der Waals surface area contributed by atoms with Crippen LogP contribution in [-0.2, 0) is 20.9 Å². The van der Waals surface area contributed by atoms with Crippen molar-refractivity contribution in [2.24, 2.45) is 0 Å². The normalized spacial score (nSPS) is 18.3. The minimum atomic E-state index is -1.24. The minimum absolute atomic E-state index is 0.207. The van der Waals surface area contributed by atoms with E-state index in [0.717, 1.165) is 5.69 Å². The van der Waals surface area contributed by atoms with Crippen LogP contribution in [0.15, 0.2) is 24.4 Å². The zero-order valence-corrected chi connectivity index (χ0v) is 20.4. The van der Waals surface area contributed by atoms with Crippen LogP contribution in [0.1, 0.15) is 5.69 Å². The van der Waals surface area contributed by atoms with E-state index < -0.39 is 28.8 Å². The largest absolute Gasteiger partial charge is 0.442 e. The van der Waals surface area contributed by atoms with Gasteiger partial charge in [0.1, 0.15) is 11.9 Å². The number of aryl methyl sites for hydroxylation is 1. The van der Waals surface area contributed by atoms with Gasteiger partial charge in [0.25, 0.3) is 5.91 Å². The summed E-state index contributed by atoms with van der Waals surface area (Å²) in [6.45, 7) is 3.78. The quantitative estimate of drug-likeness (QED) is 0.540. The molecule has 35 heavy (non-hydrogen) atoms. The van der Waals surface area contributed by atoms with Crippen LogP contribution < -0.4 is 15.1 Å². The Kier molecular flexibility index (Phi) is 7.60. The summed E-state index contributed by atoms with van der Waals surface area (Å²) in [7, 11) is 0. The Hall–Kier alpha value is -3.12. The third-order valence-electron chi connectivity index (χ3n) is 5.75. The number of halogens is 3. The van der Waals surface area contributed by atoms with Crippen LogP contribution in [0.5, 0.6) is 0 Å². The zero-order valence-electron chi connectivity index (χ0n) is 18.9. The molecule has 0 radical (unpaired) electrons. The van der Waals surface area contributed by atoms with Gasteiger partial charge in [0.2, 0.25) is 5.91 Å². The maximum Gasteiger partial charge on any atom is 0.414 e. The first-order chi connectivity index (χ1) is 16.7. The van der Waals surface area contributed by atoms with E-state index in [1.807, 2.05) is 11.8 Å². The first-order valence-corrected chi connectivity index (χ1v) is 11.8. The molecule has 2 saturated heterocycles. The number of carbonyl (C=O) groups is 3. The van der Waals surface area contributed by atoms with Crippen LogP contribution in [0, 0.1) is 12.7 Å². The van der Waals surface area contributed by atoms with Crippen molar-refractivity contribution in [3.05, 3.63) is 35.9 Å². The summed E-state index contributed by atoms with van der Waals surface area (Å²) >= 11 is 10.9. The van der Waals surface area contributed by atoms with Crippen molar-refractivity contribution in [1.82, 2.24) is 25.2 Å². The second-order valence-electron chi connectivity index (χ2n) is 8.22. The number of nitrogens with zero attached hydrogens (tertiary/aromatic N) is 6. The van der Waals surface area contributed by atoms with Gasteiger partial charge in [-0.05, 0) is 25.1 Å². The van der Waals surface area contributed by atoms with Crippen LogP contribution in [0.3, 0.4) is 0 Å². The van der Waals surface area contributed by atoms with E-state index in [-0.39, 0.29) is 19.0 Å². The third-order valence-corrected chi connectivity index (χ3v) is 6.14. The number of ether oxygens (including phenoxy) is 1. The van der Waals surface area contributed by atoms with Gasteiger partial charge in [-0.2, -0.15) is 0 Å². The lowest BCUT2D eigenvalue weighted by Gasteiger charge is -2.36. The highest BCUT2D eigenvalue weighted by molar-refractivity contribution is 6.53. The highest BCUT2D eigenvalue weighted by atomic mass is 35.5. The number of hydrogen-bond acceptors (Lipinski definition) is 7. The molecule has 0 unspecified atom stereocenters. The van der Waals surface area contributed by atoms with Gasteiger partial charge in [0.05, 0.1) is 36.7 Å². The van der Waals surface area contributed by atoms with E-state index in [1.165, 1.54) is 11.0 Å². The van der Waals surface area contributed by atoms with Gasteiger partial charge < -0.3 is 19.9 Å². The molecule has 3 amide bonds. The monoisotopic (exact) mass is 527 g/mol. The molecule has 1 aromatic heterocycles. The third kappa shape index (κ3) is 5.93. The van der Waals surface area contributed by atoms with Crippen molar-refractivity contribution in [2.45, 2.75) is 24.4 Å². The maximum atomic E-state index is 15.0. The number of nitrogens with one attached hydrogen (secondary N) is 1. The predicted molar refractivity (Wildman–Crippen MR) is 126 cm³/mol. The van der Waals surface area contributed by atoms with Crippen molar-refractivity contribution in [2.75, 3.05) is 49.1 Å². The van der Waals surface area contributed by atoms with Gasteiger partial charge in [0.15, 0.2) is 4.84 Å². The second kappa shape index (κ2) is 10.6.